The minimum absolute atomic E-state index is 0.0197. The summed E-state index contributed by atoms with van der Waals surface area (Å²) in [6.45, 7) is 5.50. The molecule has 0 aliphatic heterocycles. The molecular weight excluding hydrogens is 467 g/mol. The van der Waals surface area contributed by atoms with E-state index in [9.17, 15) is 14.0 Å². The Kier molecular flexibility index (Phi) is 9.20. The van der Waals surface area contributed by atoms with Crippen molar-refractivity contribution in [3.63, 3.8) is 0 Å². The fraction of sp³-hybridized carbons (Fsp3) is 0.467. The van der Waals surface area contributed by atoms with Gasteiger partial charge in [0.2, 0.25) is 5.91 Å². The van der Waals surface area contributed by atoms with Crippen molar-refractivity contribution in [1.82, 2.24) is 20.1 Å². The SMILES string of the molecule is CC(C)CN(CC(=O)N(CCc1c[nH]c2ccccc12)Cc1ccc(F)cc1)C(=O)NC1CCCCC1. The molecule has 0 spiro atoms. The van der Waals surface area contributed by atoms with E-state index in [1.54, 1.807) is 21.9 Å². The Morgan fingerprint density at radius 3 is 2.49 bits per heavy atom. The molecule has 37 heavy (non-hydrogen) atoms. The van der Waals surface area contributed by atoms with E-state index in [0.717, 1.165) is 47.7 Å². The average molecular weight is 507 g/mol. The number of urea groups is 1. The first-order chi connectivity index (χ1) is 17.9. The van der Waals surface area contributed by atoms with Gasteiger partial charge in [-0.25, -0.2) is 9.18 Å². The Bertz CT molecular complexity index is 1170. The fourth-order valence-corrected chi connectivity index (χ4v) is 5.13. The van der Waals surface area contributed by atoms with Crippen LogP contribution in [0.15, 0.2) is 54.7 Å². The summed E-state index contributed by atoms with van der Waals surface area (Å²) in [5.41, 5.74) is 3.06. The molecule has 2 aromatic carbocycles. The zero-order chi connectivity index (χ0) is 26.2. The number of nitrogens with zero attached hydrogens (tertiary/aromatic N) is 2. The van der Waals surface area contributed by atoms with Gasteiger partial charge in [0.15, 0.2) is 0 Å². The van der Waals surface area contributed by atoms with Crippen molar-refractivity contribution < 1.29 is 14.0 Å². The van der Waals surface area contributed by atoms with E-state index in [2.05, 4.69) is 30.2 Å². The normalized spacial score (nSPS) is 14.2. The third kappa shape index (κ3) is 7.57. The molecule has 0 unspecified atom stereocenters. The van der Waals surface area contributed by atoms with Crippen LogP contribution in [0.2, 0.25) is 0 Å². The standard InChI is InChI=1S/C30H39FN4O2/c1-22(2)19-35(30(37)33-26-8-4-3-5-9-26)21-29(36)34(20-23-12-14-25(31)15-13-23)17-16-24-18-32-28-11-7-6-10-27(24)28/h6-7,10-15,18,22,26,32H,3-5,8-9,16-17,19-21H2,1-2H3,(H,33,37). The average Bonchev–Trinajstić information content (AvgIpc) is 3.30. The summed E-state index contributed by atoms with van der Waals surface area (Å²) < 4.78 is 13.5. The number of fused-ring (bicyclic) bond motifs is 1. The van der Waals surface area contributed by atoms with Crippen molar-refractivity contribution in [3.8, 4) is 0 Å². The molecule has 3 aromatic rings. The van der Waals surface area contributed by atoms with Crippen LogP contribution in [0, 0.1) is 11.7 Å². The second kappa shape index (κ2) is 12.7. The number of benzene rings is 2. The third-order valence-corrected chi connectivity index (χ3v) is 7.10. The number of carbonyl (C=O) groups is 2. The fourth-order valence-electron chi connectivity index (χ4n) is 5.13. The number of carbonyl (C=O) groups excluding carboxylic acids is 2. The minimum Gasteiger partial charge on any atom is -0.361 e. The van der Waals surface area contributed by atoms with Crippen LogP contribution in [0.4, 0.5) is 9.18 Å². The predicted molar refractivity (Wildman–Crippen MR) is 146 cm³/mol. The van der Waals surface area contributed by atoms with Crippen LogP contribution in [0.1, 0.15) is 57.1 Å². The van der Waals surface area contributed by atoms with Gasteiger partial charge in [-0.3, -0.25) is 4.79 Å². The number of para-hydroxylation sites is 1. The lowest BCUT2D eigenvalue weighted by atomic mass is 9.96. The quantitative estimate of drug-likeness (QED) is 0.361. The molecule has 2 N–H and O–H groups in total. The van der Waals surface area contributed by atoms with Gasteiger partial charge in [0.1, 0.15) is 12.4 Å². The molecule has 198 valence electrons. The van der Waals surface area contributed by atoms with Gasteiger partial charge in [-0.1, -0.05) is 63.4 Å². The molecule has 1 saturated carbocycles. The van der Waals surface area contributed by atoms with Gasteiger partial charge in [0.05, 0.1) is 0 Å². The summed E-state index contributed by atoms with van der Waals surface area (Å²) in [6, 6.07) is 14.4. The smallest absolute Gasteiger partial charge is 0.318 e. The van der Waals surface area contributed by atoms with Gasteiger partial charge in [-0.2, -0.15) is 0 Å². The van der Waals surface area contributed by atoms with E-state index in [-0.39, 0.29) is 36.3 Å². The molecule has 1 heterocycles. The van der Waals surface area contributed by atoms with Gasteiger partial charge in [-0.15, -0.1) is 0 Å². The number of H-pyrrole nitrogens is 1. The van der Waals surface area contributed by atoms with Crippen molar-refractivity contribution in [2.75, 3.05) is 19.6 Å². The first-order valence-electron chi connectivity index (χ1n) is 13.5. The summed E-state index contributed by atoms with van der Waals surface area (Å²) in [7, 11) is 0. The molecule has 0 bridgehead atoms. The van der Waals surface area contributed by atoms with Crippen LogP contribution in [-0.4, -0.2) is 52.4 Å². The molecule has 4 rings (SSSR count). The Morgan fingerprint density at radius 1 is 1.03 bits per heavy atom. The second-order valence-corrected chi connectivity index (χ2v) is 10.6. The largest absolute Gasteiger partial charge is 0.361 e. The van der Waals surface area contributed by atoms with Gasteiger partial charge >= 0.3 is 6.03 Å². The Balaban J connectivity index is 1.48. The van der Waals surface area contributed by atoms with Crippen LogP contribution < -0.4 is 5.32 Å². The maximum Gasteiger partial charge on any atom is 0.318 e. The van der Waals surface area contributed by atoms with E-state index in [1.807, 2.05) is 24.4 Å². The van der Waals surface area contributed by atoms with Crippen molar-refractivity contribution in [3.05, 3.63) is 71.7 Å². The zero-order valence-corrected chi connectivity index (χ0v) is 22.0. The molecule has 1 aliphatic rings. The highest BCUT2D eigenvalue weighted by atomic mass is 19.1. The van der Waals surface area contributed by atoms with Crippen LogP contribution >= 0.6 is 0 Å². The number of aromatic nitrogens is 1. The van der Waals surface area contributed by atoms with Crippen LogP contribution in [0.5, 0.6) is 0 Å². The molecule has 7 heteroatoms. The minimum atomic E-state index is -0.303. The van der Waals surface area contributed by atoms with Crippen LogP contribution in [0.3, 0.4) is 0 Å². The van der Waals surface area contributed by atoms with E-state index >= 15 is 0 Å². The lowest BCUT2D eigenvalue weighted by molar-refractivity contribution is -0.132. The number of amides is 3. The van der Waals surface area contributed by atoms with Crippen LogP contribution in [0.25, 0.3) is 10.9 Å². The topological polar surface area (TPSA) is 68.4 Å². The highest BCUT2D eigenvalue weighted by Gasteiger charge is 2.25. The molecule has 0 saturated heterocycles. The summed E-state index contributed by atoms with van der Waals surface area (Å²) in [4.78, 5) is 33.6. The Morgan fingerprint density at radius 2 is 1.76 bits per heavy atom. The van der Waals surface area contributed by atoms with Gasteiger partial charge in [0.25, 0.3) is 0 Å². The molecule has 3 amide bonds. The lowest BCUT2D eigenvalue weighted by Gasteiger charge is -2.31. The van der Waals surface area contributed by atoms with Gasteiger partial charge < -0.3 is 20.1 Å². The zero-order valence-electron chi connectivity index (χ0n) is 22.0. The van der Waals surface area contributed by atoms with Gasteiger partial charge in [-0.05, 0) is 54.5 Å². The van der Waals surface area contributed by atoms with E-state index < -0.39 is 0 Å². The summed E-state index contributed by atoms with van der Waals surface area (Å²) in [5, 5.41) is 4.31. The highest BCUT2D eigenvalue weighted by Crippen LogP contribution is 2.20. The summed E-state index contributed by atoms with van der Waals surface area (Å²) >= 11 is 0. The number of hydrogen-bond acceptors (Lipinski definition) is 2. The maximum atomic E-state index is 13.6. The van der Waals surface area contributed by atoms with Crippen molar-refractivity contribution >= 4 is 22.8 Å². The monoisotopic (exact) mass is 506 g/mol. The summed E-state index contributed by atoms with van der Waals surface area (Å²) in [5.74, 6) is -0.173. The van der Waals surface area contributed by atoms with E-state index in [1.165, 1.54) is 18.6 Å². The van der Waals surface area contributed by atoms with Crippen molar-refractivity contribution in [2.45, 2.75) is 65.0 Å². The van der Waals surface area contributed by atoms with E-state index in [4.69, 9.17) is 0 Å². The molecule has 1 aliphatic carbocycles. The predicted octanol–water partition coefficient (Wildman–Crippen LogP) is 5.88. The number of aromatic amines is 1. The molecule has 1 fully saturated rings. The first kappa shape index (κ1) is 26.7. The maximum absolute atomic E-state index is 13.6. The Hall–Kier alpha value is -3.35. The molecular formula is C30H39FN4O2. The molecule has 0 radical (unpaired) electrons. The van der Waals surface area contributed by atoms with Gasteiger partial charge in [0, 0.05) is 42.8 Å². The number of hydrogen-bond donors (Lipinski definition) is 2. The number of halogens is 1. The van der Waals surface area contributed by atoms with Crippen LogP contribution in [-0.2, 0) is 17.8 Å². The number of nitrogens with one attached hydrogen (secondary N) is 2. The Labute approximate surface area is 219 Å². The first-order valence-corrected chi connectivity index (χ1v) is 13.5. The van der Waals surface area contributed by atoms with Crippen molar-refractivity contribution in [1.29, 1.82) is 0 Å². The highest BCUT2D eigenvalue weighted by molar-refractivity contribution is 5.85. The summed E-state index contributed by atoms with van der Waals surface area (Å²) in [6.07, 6.45) is 8.15. The lowest BCUT2D eigenvalue weighted by Crippen LogP contribution is -2.50. The van der Waals surface area contributed by atoms with E-state index in [0.29, 0.717) is 26.1 Å². The molecule has 0 atom stereocenters. The number of rotatable bonds is 10. The molecule has 1 aromatic heterocycles. The molecule has 6 nitrogen and oxygen atoms in total. The van der Waals surface area contributed by atoms with Crippen molar-refractivity contribution in [2.24, 2.45) is 5.92 Å². The third-order valence-electron chi connectivity index (χ3n) is 7.10. The second-order valence-electron chi connectivity index (χ2n) is 10.6.